The monoisotopic (exact) mass is 299 g/mol. The fourth-order valence-electron chi connectivity index (χ4n) is 2.80. The molecule has 3 nitrogen and oxygen atoms in total. The van der Waals surface area contributed by atoms with Crippen molar-refractivity contribution in [3.63, 3.8) is 0 Å². The zero-order valence-corrected chi connectivity index (χ0v) is 13.2. The lowest BCUT2D eigenvalue weighted by Gasteiger charge is -2.04. The smallest absolute Gasteiger partial charge is 0.163 e. The molecule has 0 radical (unpaired) electrons. The molecular formula is C20H17N3. The Morgan fingerprint density at radius 2 is 1.57 bits per heavy atom. The molecule has 0 amide bonds. The first-order chi connectivity index (χ1) is 11.2. The summed E-state index contributed by atoms with van der Waals surface area (Å²) < 4.78 is 1.91. The van der Waals surface area contributed by atoms with Crippen molar-refractivity contribution in [2.24, 2.45) is 0 Å². The normalized spacial score (nSPS) is 11.0. The molecule has 0 aliphatic heterocycles. The number of nitrogens with zero attached hydrogens (tertiary/aromatic N) is 3. The lowest BCUT2D eigenvalue weighted by Crippen LogP contribution is -1.97. The molecule has 2 aromatic heterocycles. The predicted molar refractivity (Wildman–Crippen MR) is 93.8 cm³/mol. The number of para-hydroxylation sites is 1. The number of hydrogen-bond acceptors (Lipinski definition) is 2. The second kappa shape index (κ2) is 5.36. The first-order valence-electron chi connectivity index (χ1n) is 7.70. The molecular weight excluding hydrogens is 282 g/mol. The van der Waals surface area contributed by atoms with Gasteiger partial charge in [0.1, 0.15) is 0 Å². The van der Waals surface area contributed by atoms with Gasteiger partial charge in [-0.25, -0.2) is 9.67 Å². The Labute approximate surface area is 135 Å². The van der Waals surface area contributed by atoms with Gasteiger partial charge in [-0.1, -0.05) is 48.0 Å². The maximum absolute atomic E-state index is 4.68. The van der Waals surface area contributed by atoms with Gasteiger partial charge in [0.2, 0.25) is 0 Å². The third-order valence-electron chi connectivity index (χ3n) is 4.09. The molecule has 112 valence electrons. The summed E-state index contributed by atoms with van der Waals surface area (Å²) in [6.45, 7) is 4.13. The van der Waals surface area contributed by atoms with Gasteiger partial charge in [0, 0.05) is 17.1 Å². The number of aryl methyl sites for hydroxylation is 2. The molecule has 0 N–H and O–H groups in total. The molecule has 0 atom stereocenters. The lowest BCUT2D eigenvalue weighted by atomic mass is 10.0. The molecule has 4 rings (SSSR count). The summed E-state index contributed by atoms with van der Waals surface area (Å²) in [6, 6.07) is 20.8. The largest absolute Gasteiger partial charge is 0.236 e. The Morgan fingerprint density at radius 3 is 2.30 bits per heavy atom. The summed E-state index contributed by atoms with van der Waals surface area (Å²) in [7, 11) is 0. The van der Waals surface area contributed by atoms with Crippen molar-refractivity contribution in [3.8, 4) is 16.8 Å². The average molecular weight is 299 g/mol. The van der Waals surface area contributed by atoms with Gasteiger partial charge in [-0.05, 0) is 37.6 Å². The van der Waals surface area contributed by atoms with Gasteiger partial charge in [-0.15, -0.1) is 0 Å². The molecule has 2 aromatic carbocycles. The fraction of sp³-hybridized carbons (Fsp3) is 0.100. The first-order valence-corrected chi connectivity index (χ1v) is 7.70. The van der Waals surface area contributed by atoms with Crippen LogP contribution in [0.25, 0.3) is 27.8 Å². The van der Waals surface area contributed by atoms with Crippen molar-refractivity contribution in [1.29, 1.82) is 0 Å². The summed E-state index contributed by atoms with van der Waals surface area (Å²) >= 11 is 0. The van der Waals surface area contributed by atoms with Crippen LogP contribution < -0.4 is 0 Å². The van der Waals surface area contributed by atoms with E-state index in [1.54, 1.807) is 0 Å². The topological polar surface area (TPSA) is 30.7 Å². The molecule has 0 saturated heterocycles. The van der Waals surface area contributed by atoms with Gasteiger partial charge < -0.3 is 0 Å². The first kappa shape index (κ1) is 13.7. The van der Waals surface area contributed by atoms with E-state index in [4.69, 9.17) is 0 Å². The third kappa shape index (κ3) is 2.40. The minimum Gasteiger partial charge on any atom is -0.236 e. The summed E-state index contributed by atoms with van der Waals surface area (Å²) in [4.78, 5) is 4.68. The van der Waals surface area contributed by atoms with Crippen LogP contribution in [0.1, 0.15) is 11.3 Å². The van der Waals surface area contributed by atoms with Gasteiger partial charge in [0.15, 0.2) is 5.65 Å². The zero-order valence-electron chi connectivity index (χ0n) is 13.2. The van der Waals surface area contributed by atoms with Crippen LogP contribution in [0.4, 0.5) is 0 Å². The van der Waals surface area contributed by atoms with Crippen molar-refractivity contribution >= 4 is 11.0 Å². The Balaban J connectivity index is 1.87. The van der Waals surface area contributed by atoms with Crippen molar-refractivity contribution in [2.75, 3.05) is 0 Å². The highest BCUT2D eigenvalue weighted by molar-refractivity contribution is 5.84. The van der Waals surface area contributed by atoms with Crippen LogP contribution in [0.15, 0.2) is 66.9 Å². The van der Waals surface area contributed by atoms with Gasteiger partial charge in [-0.3, -0.25) is 0 Å². The van der Waals surface area contributed by atoms with Crippen molar-refractivity contribution in [2.45, 2.75) is 13.8 Å². The van der Waals surface area contributed by atoms with Gasteiger partial charge in [-0.2, -0.15) is 5.10 Å². The van der Waals surface area contributed by atoms with Crippen LogP contribution in [-0.4, -0.2) is 14.8 Å². The Hall–Kier alpha value is -2.94. The molecule has 0 fully saturated rings. The molecule has 0 bridgehead atoms. The molecule has 0 unspecified atom stereocenters. The van der Waals surface area contributed by atoms with E-state index in [1.807, 2.05) is 48.1 Å². The molecule has 0 saturated carbocycles. The van der Waals surface area contributed by atoms with Crippen LogP contribution in [0.2, 0.25) is 0 Å². The van der Waals surface area contributed by atoms with E-state index in [2.05, 4.69) is 47.3 Å². The van der Waals surface area contributed by atoms with E-state index in [9.17, 15) is 0 Å². The standard InChI is InChI=1S/C20H17N3/c1-14-8-10-16(11-9-14)17-12-19-15(2)22-23(20(19)21-13-17)18-6-4-3-5-7-18/h3-13H,1-2H3. The summed E-state index contributed by atoms with van der Waals surface area (Å²) in [5.41, 5.74) is 6.47. The molecule has 2 heterocycles. The highest BCUT2D eigenvalue weighted by Crippen LogP contribution is 2.26. The zero-order chi connectivity index (χ0) is 15.8. The minimum absolute atomic E-state index is 0.893. The highest BCUT2D eigenvalue weighted by Gasteiger charge is 2.11. The second-order valence-corrected chi connectivity index (χ2v) is 5.79. The van der Waals surface area contributed by atoms with Crippen molar-refractivity contribution < 1.29 is 0 Å². The number of aromatic nitrogens is 3. The molecule has 4 aromatic rings. The summed E-state index contributed by atoms with van der Waals surface area (Å²) in [5.74, 6) is 0. The second-order valence-electron chi connectivity index (χ2n) is 5.79. The lowest BCUT2D eigenvalue weighted by molar-refractivity contribution is 0.878. The number of hydrogen-bond donors (Lipinski definition) is 0. The van der Waals surface area contributed by atoms with E-state index in [0.717, 1.165) is 28.0 Å². The fourth-order valence-corrected chi connectivity index (χ4v) is 2.80. The minimum atomic E-state index is 0.893. The van der Waals surface area contributed by atoms with E-state index >= 15 is 0 Å². The summed E-state index contributed by atoms with van der Waals surface area (Å²) in [6.07, 6.45) is 1.92. The van der Waals surface area contributed by atoms with E-state index in [0.29, 0.717) is 0 Å². The molecule has 23 heavy (non-hydrogen) atoms. The van der Waals surface area contributed by atoms with Gasteiger partial charge >= 0.3 is 0 Å². The number of pyridine rings is 1. The quantitative estimate of drug-likeness (QED) is 0.537. The third-order valence-corrected chi connectivity index (χ3v) is 4.09. The molecule has 0 spiro atoms. The van der Waals surface area contributed by atoms with Crippen LogP contribution in [0.3, 0.4) is 0 Å². The Morgan fingerprint density at radius 1 is 0.826 bits per heavy atom. The molecule has 0 aliphatic carbocycles. The maximum Gasteiger partial charge on any atom is 0.163 e. The van der Waals surface area contributed by atoms with E-state index in [-0.39, 0.29) is 0 Å². The number of rotatable bonds is 2. The number of benzene rings is 2. The van der Waals surface area contributed by atoms with Crippen molar-refractivity contribution in [1.82, 2.24) is 14.8 Å². The van der Waals surface area contributed by atoms with Crippen molar-refractivity contribution in [3.05, 3.63) is 78.1 Å². The van der Waals surface area contributed by atoms with E-state index < -0.39 is 0 Å². The van der Waals surface area contributed by atoms with Crippen LogP contribution in [0.5, 0.6) is 0 Å². The SMILES string of the molecule is Cc1ccc(-c2cnc3c(c2)c(C)nn3-c2ccccc2)cc1. The van der Waals surface area contributed by atoms with Crippen LogP contribution in [0, 0.1) is 13.8 Å². The maximum atomic E-state index is 4.68. The number of fused-ring (bicyclic) bond motifs is 1. The molecule has 0 aliphatic rings. The van der Waals surface area contributed by atoms with Gasteiger partial charge in [0.25, 0.3) is 0 Å². The average Bonchev–Trinajstić information content (AvgIpc) is 2.93. The van der Waals surface area contributed by atoms with Crippen LogP contribution >= 0.6 is 0 Å². The van der Waals surface area contributed by atoms with E-state index in [1.165, 1.54) is 11.1 Å². The Kier molecular flexibility index (Phi) is 3.19. The molecule has 3 heteroatoms. The summed E-state index contributed by atoms with van der Waals surface area (Å²) in [5, 5.41) is 5.75. The highest BCUT2D eigenvalue weighted by atomic mass is 15.3. The predicted octanol–water partition coefficient (Wildman–Crippen LogP) is 4.70. The Bertz CT molecular complexity index is 967. The van der Waals surface area contributed by atoms with Gasteiger partial charge in [0.05, 0.1) is 11.4 Å². The van der Waals surface area contributed by atoms with Crippen LogP contribution in [-0.2, 0) is 0 Å².